The number of hydrogen-bond acceptors (Lipinski definition) is 5. The summed E-state index contributed by atoms with van der Waals surface area (Å²) in [5, 5.41) is 25.2. The molecule has 10 heteroatoms. The van der Waals surface area contributed by atoms with E-state index >= 15 is 0 Å². The lowest BCUT2D eigenvalue weighted by molar-refractivity contribution is -0.208. The van der Waals surface area contributed by atoms with Crippen LogP contribution in [-0.4, -0.2) is 63.8 Å². The molecule has 1 spiro atoms. The van der Waals surface area contributed by atoms with Gasteiger partial charge < -0.3 is 20.0 Å². The predicted octanol–water partition coefficient (Wildman–Crippen LogP) is 1.26. The molecule has 3 rings (SSSR count). The molecule has 1 atom stereocenters. The summed E-state index contributed by atoms with van der Waals surface area (Å²) in [5.74, 6) is 0.425. The first kappa shape index (κ1) is 15.8. The van der Waals surface area contributed by atoms with E-state index in [0.29, 0.717) is 32.0 Å². The number of hydrogen-bond donors (Lipinski definition) is 2. The molecule has 0 bridgehead atoms. The zero-order chi connectivity index (χ0) is 16.8. The van der Waals surface area contributed by atoms with Crippen molar-refractivity contribution in [3.8, 4) is 0 Å². The number of aliphatic hydroxyl groups is 1. The molecule has 0 saturated carbocycles. The number of likely N-dealkylation sites (tertiary alicyclic amines) is 1. The van der Waals surface area contributed by atoms with Crippen LogP contribution in [0.2, 0.25) is 0 Å². The highest BCUT2D eigenvalue weighted by atomic mass is 19.4. The first-order valence-electron chi connectivity index (χ1n) is 7.01. The third-order valence-electron chi connectivity index (χ3n) is 4.35. The van der Waals surface area contributed by atoms with E-state index in [1.807, 2.05) is 4.90 Å². The highest BCUT2D eigenvalue weighted by Crippen LogP contribution is 2.40. The van der Waals surface area contributed by atoms with Gasteiger partial charge in [-0.2, -0.15) is 18.3 Å². The number of aromatic nitrogens is 2. The van der Waals surface area contributed by atoms with Crippen molar-refractivity contribution < 1.29 is 28.2 Å². The summed E-state index contributed by atoms with van der Waals surface area (Å²) in [6.45, 7) is 2.14. The molecule has 126 valence electrons. The van der Waals surface area contributed by atoms with Gasteiger partial charge in [-0.25, -0.2) is 4.79 Å². The van der Waals surface area contributed by atoms with E-state index in [1.54, 1.807) is 0 Å². The van der Waals surface area contributed by atoms with Gasteiger partial charge in [0.15, 0.2) is 11.9 Å². The third kappa shape index (κ3) is 2.90. The van der Waals surface area contributed by atoms with E-state index in [4.69, 9.17) is 10.2 Å². The summed E-state index contributed by atoms with van der Waals surface area (Å²) in [4.78, 5) is 14.0. The number of nitrogens with zero attached hydrogens (tertiary/aromatic N) is 4. The average molecular weight is 332 g/mol. The molecule has 2 saturated heterocycles. The van der Waals surface area contributed by atoms with Gasteiger partial charge in [0.25, 0.3) is 0 Å². The van der Waals surface area contributed by atoms with Gasteiger partial charge in [-0.05, 0) is 18.6 Å². The number of carboxylic acid groups (broad SMARTS) is 1. The van der Waals surface area contributed by atoms with E-state index in [-0.39, 0.29) is 5.41 Å². The Hall–Kier alpha value is -2.10. The average Bonchev–Trinajstić information content (AvgIpc) is 2.89. The van der Waals surface area contributed by atoms with Crippen LogP contribution in [-0.2, 0) is 0 Å². The van der Waals surface area contributed by atoms with Crippen molar-refractivity contribution in [1.82, 2.24) is 15.1 Å². The molecular formula is C13H15F3N4O3. The molecule has 3 heterocycles. The number of alkyl halides is 3. The SMILES string of the molecule is O=C(O)N1CC2(CCN(c3ccc(C(O)C(F)(F)F)nn3)C2)C1. The summed E-state index contributed by atoms with van der Waals surface area (Å²) < 4.78 is 37.2. The number of rotatable bonds is 2. The number of amides is 1. The molecular weight excluding hydrogens is 317 g/mol. The summed E-state index contributed by atoms with van der Waals surface area (Å²) in [6, 6.07) is 2.50. The van der Waals surface area contributed by atoms with Crippen molar-refractivity contribution in [2.24, 2.45) is 5.41 Å². The largest absolute Gasteiger partial charge is 0.465 e. The molecule has 2 N–H and O–H groups in total. The fraction of sp³-hybridized carbons (Fsp3) is 0.615. The second kappa shape index (κ2) is 5.22. The Bertz CT molecular complexity index is 601. The van der Waals surface area contributed by atoms with E-state index in [2.05, 4.69) is 10.2 Å². The van der Waals surface area contributed by atoms with Crippen LogP contribution in [0.5, 0.6) is 0 Å². The maximum atomic E-state index is 12.4. The van der Waals surface area contributed by atoms with E-state index in [9.17, 15) is 18.0 Å². The minimum absolute atomic E-state index is 0.107. The van der Waals surface area contributed by atoms with Crippen molar-refractivity contribution in [3.63, 3.8) is 0 Å². The monoisotopic (exact) mass is 332 g/mol. The molecule has 2 aliphatic heterocycles. The Balaban J connectivity index is 1.64. The van der Waals surface area contributed by atoms with Gasteiger partial charge in [0.2, 0.25) is 0 Å². The fourth-order valence-electron chi connectivity index (χ4n) is 3.11. The third-order valence-corrected chi connectivity index (χ3v) is 4.35. The van der Waals surface area contributed by atoms with E-state index < -0.39 is 24.1 Å². The van der Waals surface area contributed by atoms with Gasteiger partial charge in [-0.15, -0.1) is 5.10 Å². The predicted molar refractivity (Wildman–Crippen MR) is 71.9 cm³/mol. The quantitative estimate of drug-likeness (QED) is 0.847. The first-order valence-corrected chi connectivity index (χ1v) is 7.01. The first-order chi connectivity index (χ1) is 10.7. The van der Waals surface area contributed by atoms with Gasteiger partial charge >= 0.3 is 12.3 Å². The van der Waals surface area contributed by atoms with E-state index in [0.717, 1.165) is 12.5 Å². The van der Waals surface area contributed by atoms with Crippen LogP contribution in [0.1, 0.15) is 18.2 Å². The van der Waals surface area contributed by atoms with Crippen LogP contribution in [0.3, 0.4) is 0 Å². The normalized spacial score (nSPS) is 21.4. The second-order valence-corrected chi connectivity index (χ2v) is 6.07. The Labute approximate surface area is 129 Å². The van der Waals surface area contributed by atoms with Crippen LogP contribution >= 0.6 is 0 Å². The molecule has 1 aromatic rings. The number of halogens is 3. The van der Waals surface area contributed by atoms with E-state index in [1.165, 1.54) is 11.0 Å². The summed E-state index contributed by atoms with van der Waals surface area (Å²) >= 11 is 0. The Morgan fingerprint density at radius 3 is 2.48 bits per heavy atom. The van der Waals surface area contributed by atoms with Crippen molar-refractivity contribution >= 4 is 11.9 Å². The summed E-state index contributed by atoms with van der Waals surface area (Å²) in [7, 11) is 0. The molecule has 1 unspecified atom stereocenters. The maximum absolute atomic E-state index is 12.4. The van der Waals surface area contributed by atoms with Gasteiger partial charge in [-0.3, -0.25) is 0 Å². The van der Waals surface area contributed by atoms with Crippen molar-refractivity contribution in [2.75, 3.05) is 31.1 Å². The van der Waals surface area contributed by atoms with Gasteiger partial charge in [0.05, 0.1) is 0 Å². The molecule has 2 fully saturated rings. The molecule has 23 heavy (non-hydrogen) atoms. The van der Waals surface area contributed by atoms with Crippen LogP contribution < -0.4 is 4.90 Å². The highest BCUT2D eigenvalue weighted by Gasteiger charge is 2.49. The summed E-state index contributed by atoms with van der Waals surface area (Å²) in [5.41, 5.74) is -0.652. The topological polar surface area (TPSA) is 89.8 Å². The molecule has 0 aliphatic carbocycles. The summed E-state index contributed by atoms with van der Waals surface area (Å²) in [6.07, 6.45) is -7.57. The van der Waals surface area contributed by atoms with Crippen LogP contribution in [0.25, 0.3) is 0 Å². The Kier molecular flexibility index (Phi) is 3.58. The Morgan fingerprint density at radius 1 is 1.26 bits per heavy atom. The van der Waals surface area contributed by atoms with Crippen molar-refractivity contribution in [3.05, 3.63) is 17.8 Å². The van der Waals surface area contributed by atoms with Crippen LogP contribution in [0, 0.1) is 5.41 Å². The van der Waals surface area contributed by atoms with Crippen molar-refractivity contribution in [1.29, 1.82) is 0 Å². The minimum atomic E-state index is -4.78. The lowest BCUT2D eigenvalue weighted by Gasteiger charge is -2.46. The smallest absolute Gasteiger partial charge is 0.420 e. The Morgan fingerprint density at radius 2 is 1.96 bits per heavy atom. The van der Waals surface area contributed by atoms with Crippen molar-refractivity contribution in [2.45, 2.75) is 18.7 Å². The standard InChI is InChI=1S/C13H15F3N4O3/c14-13(15,16)10(21)8-1-2-9(18-17-8)19-4-3-12(5-19)6-20(7-12)11(22)23/h1-2,10,21H,3-7H2,(H,22,23). The molecule has 1 aromatic heterocycles. The molecule has 0 aromatic carbocycles. The lowest BCUT2D eigenvalue weighted by atomic mass is 9.79. The fourth-order valence-corrected chi connectivity index (χ4v) is 3.11. The van der Waals surface area contributed by atoms with Gasteiger partial charge in [0.1, 0.15) is 5.69 Å². The van der Waals surface area contributed by atoms with Gasteiger partial charge in [0, 0.05) is 31.6 Å². The number of aliphatic hydroxyl groups excluding tert-OH is 1. The number of anilines is 1. The zero-order valence-corrected chi connectivity index (χ0v) is 12.0. The molecule has 1 amide bonds. The van der Waals surface area contributed by atoms with Crippen LogP contribution in [0.15, 0.2) is 12.1 Å². The molecule has 0 radical (unpaired) electrons. The maximum Gasteiger partial charge on any atom is 0.420 e. The molecule has 7 nitrogen and oxygen atoms in total. The number of carbonyl (C=O) groups is 1. The second-order valence-electron chi connectivity index (χ2n) is 6.07. The molecule has 2 aliphatic rings. The van der Waals surface area contributed by atoms with Gasteiger partial charge in [-0.1, -0.05) is 0 Å². The lowest BCUT2D eigenvalue weighted by Crippen LogP contribution is -2.59. The highest BCUT2D eigenvalue weighted by molar-refractivity contribution is 5.66. The van der Waals surface area contributed by atoms with Crippen LogP contribution in [0.4, 0.5) is 23.8 Å². The minimum Gasteiger partial charge on any atom is -0.465 e. The zero-order valence-electron chi connectivity index (χ0n) is 12.0.